The molecule has 2 heteroatoms. The summed E-state index contributed by atoms with van der Waals surface area (Å²) in [6.07, 6.45) is 3.41. The standard InChI is InChI=1S/C7H14ClO/c1-2-9-7-5-3-4-6-8/h2H,3-7H2,1H3. The topological polar surface area (TPSA) is 9.23 Å². The minimum Gasteiger partial charge on any atom is -0.376 e. The molecule has 1 nitrogen and oxygen atoms in total. The van der Waals surface area contributed by atoms with Crippen LogP contribution in [-0.2, 0) is 4.74 Å². The molecule has 0 aromatic rings. The van der Waals surface area contributed by atoms with Crippen LogP contribution in [0.3, 0.4) is 0 Å². The van der Waals surface area contributed by atoms with Crippen LogP contribution in [0.4, 0.5) is 0 Å². The number of hydrogen-bond donors (Lipinski definition) is 0. The van der Waals surface area contributed by atoms with Gasteiger partial charge in [-0.2, -0.15) is 0 Å². The Morgan fingerprint density at radius 3 is 2.67 bits per heavy atom. The summed E-state index contributed by atoms with van der Waals surface area (Å²) in [5, 5.41) is 0. The van der Waals surface area contributed by atoms with E-state index in [2.05, 4.69) is 0 Å². The molecule has 0 aromatic carbocycles. The quantitative estimate of drug-likeness (QED) is 0.417. The molecule has 0 atom stereocenters. The summed E-state index contributed by atoms with van der Waals surface area (Å²) >= 11 is 5.47. The number of unbranched alkanes of at least 4 members (excludes halogenated alkanes) is 2. The predicted octanol–water partition coefficient (Wildman–Crippen LogP) is 2.59. The molecule has 0 saturated carbocycles. The highest BCUT2D eigenvalue weighted by atomic mass is 35.5. The van der Waals surface area contributed by atoms with Crippen molar-refractivity contribution in [3.8, 4) is 0 Å². The minimum absolute atomic E-state index is 0.774. The Kier molecular flexibility index (Phi) is 8.48. The van der Waals surface area contributed by atoms with Gasteiger partial charge in [0.15, 0.2) is 0 Å². The lowest BCUT2D eigenvalue weighted by molar-refractivity contribution is 0.198. The Morgan fingerprint density at radius 2 is 2.11 bits per heavy atom. The first-order valence-electron chi connectivity index (χ1n) is 3.37. The van der Waals surface area contributed by atoms with Crippen molar-refractivity contribution in [2.45, 2.75) is 26.2 Å². The van der Waals surface area contributed by atoms with E-state index in [-0.39, 0.29) is 0 Å². The van der Waals surface area contributed by atoms with Crippen LogP contribution in [0.1, 0.15) is 26.2 Å². The van der Waals surface area contributed by atoms with E-state index in [1.165, 1.54) is 6.42 Å². The Morgan fingerprint density at radius 1 is 1.33 bits per heavy atom. The number of ether oxygens (including phenoxy) is 1. The van der Waals surface area contributed by atoms with Crippen LogP contribution in [0.15, 0.2) is 0 Å². The van der Waals surface area contributed by atoms with Crippen molar-refractivity contribution in [2.24, 2.45) is 0 Å². The normalized spacial score (nSPS) is 10.0. The van der Waals surface area contributed by atoms with Crippen LogP contribution in [0, 0.1) is 6.61 Å². The van der Waals surface area contributed by atoms with E-state index in [4.69, 9.17) is 16.3 Å². The van der Waals surface area contributed by atoms with Gasteiger partial charge in [-0.15, -0.1) is 11.6 Å². The molecular weight excluding hydrogens is 136 g/mol. The second kappa shape index (κ2) is 8.25. The number of halogens is 1. The van der Waals surface area contributed by atoms with Crippen LogP contribution in [-0.4, -0.2) is 12.5 Å². The molecule has 9 heavy (non-hydrogen) atoms. The average molecular weight is 150 g/mol. The van der Waals surface area contributed by atoms with E-state index in [9.17, 15) is 0 Å². The van der Waals surface area contributed by atoms with Crippen LogP contribution in [0.5, 0.6) is 0 Å². The second-order valence-electron chi connectivity index (χ2n) is 1.86. The molecule has 0 bridgehead atoms. The lowest BCUT2D eigenvalue weighted by Gasteiger charge is -1.97. The first-order valence-corrected chi connectivity index (χ1v) is 3.90. The van der Waals surface area contributed by atoms with Gasteiger partial charge in [-0.1, -0.05) is 0 Å². The molecule has 0 aliphatic heterocycles. The summed E-state index contributed by atoms with van der Waals surface area (Å²) in [4.78, 5) is 0. The second-order valence-corrected chi connectivity index (χ2v) is 2.23. The number of hydrogen-bond acceptors (Lipinski definition) is 1. The van der Waals surface area contributed by atoms with Crippen LogP contribution in [0.2, 0.25) is 0 Å². The Bertz CT molecular complexity index is 42.2. The summed E-state index contributed by atoms with van der Waals surface area (Å²) in [5.74, 6) is 0.774. The molecule has 0 heterocycles. The molecular formula is C7H14ClO. The fraction of sp³-hybridized carbons (Fsp3) is 0.857. The summed E-state index contributed by atoms with van der Waals surface area (Å²) in [6, 6.07) is 0. The van der Waals surface area contributed by atoms with Gasteiger partial charge in [-0.3, -0.25) is 0 Å². The molecule has 0 unspecified atom stereocenters. The Balaban J connectivity index is 2.60. The summed E-state index contributed by atoms with van der Waals surface area (Å²) < 4.78 is 5.01. The zero-order valence-electron chi connectivity index (χ0n) is 5.90. The maximum atomic E-state index is 5.47. The molecule has 0 amide bonds. The van der Waals surface area contributed by atoms with Crippen molar-refractivity contribution >= 4 is 11.6 Å². The molecule has 0 spiro atoms. The Hall–Kier alpha value is 0.250. The van der Waals surface area contributed by atoms with Gasteiger partial charge in [0.1, 0.15) is 0 Å². The van der Waals surface area contributed by atoms with Crippen molar-refractivity contribution in [2.75, 3.05) is 12.5 Å². The third-order valence-electron chi connectivity index (χ3n) is 1.06. The number of rotatable bonds is 6. The summed E-state index contributed by atoms with van der Waals surface area (Å²) in [5.41, 5.74) is 0. The van der Waals surface area contributed by atoms with Crippen molar-refractivity contribution in [1.82, 2.24) is 0 Å². The summed E-state index contributed by atoms with van der Waals surface area (Å²) in [6.45, 7) is 4.45. The molecule has 0 saturated heterocycles. The van der Waals surface area contributed by atoms with Crippen molar-refractivity contribution in [1.29, 1.82) is 0 Å². The molecule has 0 aliphatic carbocycles. The van der Waals surface area contributed by atoms with E-state index in [0.717, 1.165) is 25.3 Å². The molecule has 55 valence electrons. The molecule has 0 rings (SSSR count). The first-order chi connectivity index (χ1) is 4.41. The summed E-state index contributed by atoms with van der Waals surface area (Å²) in [7, 11) is 0. The van der Waals surface area contributed by atoms with Gasteiger partial charge >= 0.3 is 0 Å². The molecule has 1 radical (unpaired) electrons. The Labute approximate surface area is 62.3 Å². The predicted molar refractivity (Wildman–Crippen MR) is 40.5 cm³/mol. The van der Waals surface area contributed by atoms with Gasteiger partial charge < -0.3 is 4.74 Å². The van der Waals surface area contributed by atoms with E-state index in [1.54, 1.807) is 6.61 Å². The van der Waals surface area contributed by atoms with E-state index >= 15 is 0 Å². The maximum Gasteiger partial charge on any atom is 0.0805 e. The van der Waals surface area contributed by atoms with Crippen molar-refractivity contribution in [3.63, 3.8) is 0 Å². The first kappa shape index (κ1) is 9.25. The fourth-order valence-corrected chi connectivity index (χ4v) is 0.763. The van der Waals surface area contributed by atoms with E-state index < -0.39 is 0 Å². The van der Waals surface area contributed by atoms with Gasteiger partial charge in [-0.05, 0) is 26.2 Å². The number of alkyl halides is 1. The SMILES string of the molecule is C[CH]OCCCCCCl. The van der Waals surface area contributed by atoms with Gasteiger partial charge in [0.05, 0.1) is 6.61 Å². The van der Waals surface area contributed by atoms with E-state index in [0.29, 0.717) is 0 Å². The minimum atomic E-state index is 0.774. The zero-order chi connectivity index (χ0) is 6.95. The molecule has 0 N–H and O–H groups in total. The van der Waals surface area contributed by atoms with Crippen LogP contribution >= 0.6 is 11.6 Å². The third kappa shape index (κ3) is 8.25. The van der Waals surface area contributed by atoms with Gasteiger partial charge in [-0.25, -0.2) is 0 Å². The third-order valence-corrected chi connectivity index (χ3v) is 1.33. The highest BCUT2D eigenvalue weighted by Crippen LogP contribution is 1.97. The highest BCUT2D eigenvalue weighted by molar-refractivity contribution is 6.17. The zero-order valence-corrected chi connectivity index (χ0v) is 6.66. The fourth-order valence-electron chi connectivity index (χ4n) is 0.575. The van der Waals surface area contributed by atoms with Gasteiger partial charge in [0, 0.05) is 12.5 Å². The van der Waals surface area contributed by atoms with Crippen LogP contribution < -0.4 is 0 Å². The van der Waals surface area contributed by atoms with Gasteiger partial charge in [0.25, 0.3) is 0 Å². The monoisotopic (exact) mass is 149 g/mol. The highest BCUT2D eigenvalue weighted by Gasteiger charge is 1.86. The smallest absolute Gasteiger partial charge is 0.0805 e. The maximum absolute atomic E-state index is 5.47. The molecule has 0 aliphatic rings. The largest absolute Gasteiger partial charge is 0.376 e. The van der Waals surface area contributed by atoms with Crippen molar-refractivity contribution < 1.29 is 4.74 Å². The molecule has 0 fully saturated rings. The lowest BCUT2D eigenvalue weighted by Crippen LogP contribution is -1.89. The van der Waals surface area contributed by atoms with Gasteiger partial charge in [0.2, 0.25) is 0 Å². The van der Waals surface area contributed by atoms with Crippen molar-refractivity contribution in [3.05, 3.63) is 6.61 Å². The average Bonchev–Trinajstić information content (AvgIpc) is 1.89. The lowest BCUT2D eigenvalue weighted by atomic mass is 10.3. The molecule has 0 aromatic heterocycles. The van der Waals surface area contributed by atoms with E-state index in [1.807, 2.05) is 6.92 Å². The van der Waals surface area contributed by atoms with Crippen LogP contribution in [0.25, 0.3) is 0 Å².